The number of carbonyl (C=O) groups excluding carboxylic acids is 3. The van der Waals surface area contributed by atoms with Gasteiger partial charge in [-0.3, -0.25) is 19.2 Å². The number of hydrogen-bond acceptors (Lipinski definition) is 6. The molecular formula is C23H30N6O7. The summed E-state index contributed by atoms with van der Waals surface area (Å²) in [4.78, 5) is 65.2. The van der Waals surface area contributed by atoms with E-state index in [2.05, 4.69) is 15.6 Å². The van der Waals surface area contributed by atoms with Gasteiger partial charge in [0.25, 0.3) is 0 Å². The van der Waals surface area contributed by atoms with Gasteiger partial charge in [0, 0.05) is 19.2 Å². The van der Waals surface area contributed by atoms with Crippen LogP contribution in [0.5, 0.6) is 0 Å². The summed E-state index contributed by atoms with van der Waals surface area (Å²) in [5.74, 6) is -5.61. The molecular weight excluding hydrogens is 472 g/mol. The molecule has 1 aromatic rings. The van der Waals surface area contributed by atoms with Crippen LogP contribution in [-0.4, -0.2) is 75.9 Å². The van der Waals surface area contributed by atoms with E-state index in [4.69, 9.17) is 16.6 Å². The molecule has 0 saturated carbocycles. The van der Waals surface area contributed by atoms with E-state index < -0.39 is 54.1 Å². The third kappa shape index (κ3) is 8.11. The molecule has 0 unspecified atom stereocenters. The fourth-order valence-electron chi connectivity index (χ4n) is 3.35. The number of hydrogen-bond donors (Lipinski definition) is 6. The van der Waals surface area contributed by atoms with Crippen LogP contribution in [0.2, 0.25) is 0 Å². The molecule has 13 nitrogen and oxygen atoms in total. The van der Waals surface area contributed by atoms with Gasteiger partial charge in [-0.25, -0.2) is 9.79 Å². The van der Waals surface area contributed by atoms with E-state index in [0.717, 1.165) is 5.56 Å². The van der Waals surface area contributed by atoms with Gasteiger partial charge >= 0.3 is 11.9 Å². The predicted molar refractivity (Wildman–Crippen MR) is 130 cm³/mol. The molecule has 2 atom stereocenters. The second-order valence-electron chi connectivity index (χ2n) is 8.63. The number of likely N-dealkylation sites (tertiary alicyclic amines) is 1. The number of benzene rings is 1. The predicted octanol–water partition coefficient (Wildman–Crippen LogP) is -0.752. The Balaban J connectivity index is 1.91. The molecule has 1 aliphatic heterocycles. The molecule has 1 saturated heterocycles. The molecule has 1 aliphatic rings. The van der Waals surface area contributed by atoms with Crippen molar-refractivity contribution in [2.24, 2.45) is 28.3 Å². The number of nitrogens with two attached hydrogens (primary N) is 2. The molecule has 8 N–H and O–H groups in total. The molecule has 0 spiro atoms. The van der Waals surface area contributed by atoms with Gasteiger partial charge in [0.2, 0.25) is 17.7 Å². The van der Waals surface area contributed by atoms with Crippen LogP contribution in [0.3, 0.4) is 0 Å². The number of amides is 3. The van der Waals surface area contributed by atoms with Crippen LogP contribution in [-0.2, 0) is 24.0 Å². The zero-order valence-electron chi connectivity index (χ0n) is 19.9. The molecule has 0 bridgehead atoms. The maximum absolute atomic E-state index is 12.5. The molecule has 0 aliphatic carbocycles. The largest absolute Gasteiger partial charge is 0.481 e. The van der Waals surface area contributed by atoms with E-state index >= 15 is 0 Å². The van der Waals surface area contributed by atoms with Crippen LogP contribution in [0, 0.1) is 11.8 Å². The fraction of sp³-hybridized carbons (Fsp3) is 0.391. The molecule has 36 heavy (non-hydrogen) atoms. The molecule has 3 amide bonds. The van der Waals surface area contributed by atoms with Crippen LogP contribution in [0.25, 0.3) is 6.08 Å². The van der Waals surface area contributed by atoms with Crippen LogP contribution in [0.15, 0.2) is 35.3 Å². The second kappa shape index (κ2) is 12.3. The van der Waals surface area contributed by atoms with Crippen LogP contribution >= 0.6 is 0 Å². The summed E-state index contributed by atoms with van der Waals surface area (Å²) >= 11 is 0. The minimum atomic E-state index is -1.46. The lowest BCUT2D eigenvalue weighted by molar-refractivity contribution is -0.145. The van der Waals surface area contributed by atoms with Gasteiger partial charge in [-0.1, -0.05) is 26.0 Å². The van der Waals surface area contributed by atoms with Gasteiger partial charge in [-0.15, -0.1) is 0 Å². The molecule has 1 heterocycles. The van der Waals surface area contributed by atoms with Crippen LogP contribution in [0.4, 0.5) is 5.69 Å². The first-order valence-corrected chi connectivity index (χ1v) is 11.1. The first-order valence-electron chi connectivity index (χ1n) is 11.1. The average Bonchev–Trinajstić information content (AvgIpc) is 2.74. The van der Waals surface area contributed by atoms with Gasteiger partial charge in [-0.05, 0) is 29.7 Å². The standard InChI is InChI=1S/C23H30N6O7/c1-12(2)19(22(35)36)28-21(34)16(9-18(31)32)27-20(33)14-10-29(11-14)17(30)8-5-13-3-6-15(7-4-13)26-23(24)25/h3-8,12,14,16,19H,9-11H2,1-2H3,(H,27,33)(H,28,34)(H,31,32)(H,35,36)(H4,24,25,26)/b8-5+/t16-,19-/m0/s1. The van der Waals surface area contributed by atoms with E-state index in [1.807, 2.05) is 0 Å². The Kier molecular flexibility index (Phi) is 9.53. The topological polar surface area (TPSA) is 218 Å². The zero-order valence-corrected chi connectivity index (χ0v) is 19.9. The Hall–Kier alpha value is -4.42. The van der Waals surface area contributed by atoms with Crippen molar-refractivity contribution in [2.45, 2.75) is 32.4 Å². The molecule has 1 aromatic carbocycles. The SMILES string of the molecule is CC(C)[C@H](NC(=O)[C@H](CC(=O)O)NC(=O)C1CN(C(=O)/C=C/c2ccc(N=C(N)N)cc2)C1)C(=O)O. The fourth-order valence-corrected chi connectivity index (χ4v) is 3.35. The number of nitrogens with zero attached hydrogens (tertiary/aromatic N) is 2. The second-order valence-corrected chi connectivity index (χ2v) is 8.63. The maximum Gasteiger partial charge on any atom is 0.326 e. The number of aliphatic carboxylic acids is 2. The number of carbonyl (C=O) groups is 5. The quantitative estimate of drug-likeness (QED) is 0.127. The summed E-state index contributed by atoms with van der Waals surface area (Å²) in [7, 11) is 0. The van der Waals surface area contributed by atoms with E-state index in [1.165, 1.54) is 11.0 Å². The van der Waals surface area contributed by atoms with Crippen LogP contribution < -0.4 is 22.1 Å². The van der Waals surface area contributed by atoms with Gasteiger partial charge in [0.1, 0.15) is 12.1 Å². The van der Waals surface area contributed by atoms with E-state index in [-0.39, 0.29) is 25.0 Å². The van der Waals surface area contributed by atoms with Crippen LogP contribution in [0.1, 0.15) is 25.8 Å². The maximum atomic E-state index is 12.5. The Morgan fingerprint density at radius 3 is 2.19 bits per heavy atom. The Labute approximate surface area is 207 Å². The molecule has 0 radical (unpaired) electrons. The first-order chi connectivity index (χ1) is 16.9. The third-order valence-corrected chi connectivity index (χ3v) is 5.38. The average molecular weight is 503 g/mol. The van der Waals surface area contributed by atoms with Crippen molar-refractivity contribution in [3.8, 4) is 0 Å². The lowest BCUT2D eigenvalue weighted by atomic mass is 9.97. The Morgan fingerprint density at radius 2 is 1.69 bits per heavy atom. The number of carboxylic acid groups (broad SMARTS) is 2. The highest BCUT2D eigenvalue weighted by molar-refractivity contribution is 5.96. The summed E-state index contributed by atoms with van der Waals surface area (Å²) in [6.07, 6.45) is 2.22. The molecule has 2 rings (SSSR count). The summed E-state index contributed by atoms with van der Waals surface area (Å²) < 4.78 is 0. The molecule has 13 heteroatoms. The van der Waals surface area contributed by atoms with Gasteiger partial charge in [0.05, 0.1) is 18.0 Å². The number of aliphatic imine (C=N–C) groups is 1. The monoisotopic (exact) mass is 502 g/mol. The molecule has 194 valence electrons. The highest BCUT2D eigenvalue weighted by Crippen LogP contribution is 2.18. The summed E-state index contributed by atoms with van der Waals surface area (Å²) in [6.45, 7) is 3.34. The zero-order chi connectivity index (χ0) is 27.0. The summed E-state index contributed by atoms with van der Waals surface area (Å²) in [6, 6.07) is 4.10. The van der Waals surface area contributed by atoms with Gasteiger partial charge < -0.3 is 37.2 Å². The summed E-state index contributed by atoms with van der Waals surface area (Å²) in [5, 5.41) is 23.0. The number of nitrogens with one attached hydrogen (secondary N) is 2. The van der Waals surface area contributed by atoms with Gasteiger partial charge in [-0.2, -0.15) is 0 Å². The lowest BCUT2D eigenvalue weighted by Crippen LogP contribution is -2.59. The van der Waals surface area contributed by atoms with Crippen molar-refractivity contribution in [3.05, 3.63) is 35.9 Å². The molecule has 0 aromatic heterocycles. The number of carboxylic acids is 2. The highest BCUT2D eigenvalue weighted by atomic mass is 16.4. The van der Waals surface area contributed by atoms with Crippen molar-refractivity contribution < 1.29 is 34.2 Å². The smallest absolute Gasteiger partial charge is 0.326 e. The molecule has 1 fully saturated rings. The van der Waals surface area contributed by atoms with E-state index in [0.29, 0.717) is 5.69 Å². The Bertz CT molecular complexity index is 1060. The lowest BCUT2D eigenvalue weighted by Gasteiger charge is -2.38. The van der Waals surface area contributed by atoms with Crippen molar-refractivity contribution in [2.75, 3.05) is 13.1 Å². The van der Waals surface area contributed by atoms with Gasteiger partial charge in [0.15, 0.2) is 5.96 Å². The Morgan fingerprint density at radius 1 is 1.08 bits per heavy atom. The third-order valence-electron chi connectivity index (χ3n) is 5.38. The first kappa shape index (κ1) is 27.8. The van der Waals surface area contributed by atoms with E-state index in [1.54, 1.807) is 44.2 Å². The minimum absolute atomic E-state index is 0.0697. The summed E-state index contributed by atoms with van der Waals surface area (Å²) in [5.41, 5.74) is 11.9. The highest BCUT2D eigenvalue weighted by Gasteiger charge is 2.37. The van der Waals surface area contributed by atoms with E-state index in [9.17, 15) is 29.1 Å². The normalized spacial score (nSPS) is 15.0. The number of guanidine groups is 1. The minimum Gasteiger partial charge on any atom is -0.481 e. The van der Waals surface area contributed by atoms with Crippen molar-refractivity contribution in [3.63, 3.8) is 0 Å². The van der Waals surface area contributed by atoms with Crippen molar-refractivity contribution in [1.29, 1.82) is 0 Å². The van der Waals surface area contributed by atoms with Crippen molar-refractivity contribution >= 4 is 47.4 Å². The number of rotatable bonds is 11. The van der Waals surface area contributed by atoms with Crippen molar-refractivity contribution in [1.82, 2.24) is 15.5 Å².